The summed E-state index contributed by atoms with van der Waals surface area (Å²) in [6, 6.07) is 7.75. The zero-order valence-corrected chi connectivity index (χ0v) is 14.7. The van der Waals surface area contributed by atoms with Crippen molar-refractivity contribution in [3.63, 3.8) is 0 Å². The monoisotopic (exact) mass is 330 g/mol. The van der Waals surface area contributed by atoms with Crippen molar-refractivity contribution in [2.45, 2.75) is 37.8 Å². The van der Waals surface area contributed by atoms with Crippen molar-refractivity contribution in [3.05, 3.63) is 35.4 Å². The molecule has 0 spiro atoms. The molecule has 1 atom stereocenters. The van der Waals surface area contributed by atoms with Crippen LogP contribution in [0.5, 0.6) is 0 Å². The number of sulfonamides is 1. The number of hydrogen-bond acceptors (Lipinski definition) is 4. The number of benzene rings is 1. The number of rotatable bonds is 10. The zero-order valence-electron chi connectivity index (χ0n) is 13.1. The lowest BCUT2D eigenvalue weighted by Crippen LogP contribution is -2.30. The summed E-state index contributed by atoms with van der Waals surface area (Å²) < 4.78 is 26.6. The van der Waals surface area contributed by atoms with Crippen molar-refractivity contribution in [2.24, 2.45) is 0 Å². The van der Waals surface area contributed by atoms with Crippen LogP contribution in [0.25, 0.3) is 0 Å². The molecule has 2 N–H and O–H groups in total. The predicted octanol–water partition coefficient (Wildman–Crippen LogP) is 2.36. The zero-order chi connectivity index (χ0) is 15.7. The maximum absolute atomic E-state index is 12.0. The molecule has 120 valence electrons. The fraction of sp³-hybridized carbons (Fsp3) is 0.600. The third-order valence-electron chi connectivity index (χ3n) is 3.13. The molecule has 1 aromatic carbocycles. The van der Waals surface area contributed by atoms with Gasteiger partial charge >= 0.3 is 0 Å². The molecule has 1 rings (SSSR count). The highest BCUT2D eigenvalue weighted by atomic mass is 32.2. The number of hydrogen-bond donors (Lipinski definition) is 2. The summed E-state index contributed by atoms with van der Waals surface area (Å²) in [4.78, 5) is 0. The van der Waals surface area contributed by atoms with E-state index in [4.69, 9.17) is 0 Å². The smallest absolute Gasteiger partial charge is 0.215 e. The Hall–Kier alpha value is -0.560. The molecule has 0 aliphatic rings. The lowest BCUT2D eigenvalue weighted by molar-refractivity contribution is 0.580. The minimum atomic E-state index is -3.25. The first-order valence-corrected chi connectivity index (χ1v) is 10.2. The Labute approximate surface area is 133 Å². The topological polar surface area (TPSA) is 58.2 Å². The summed E-state index contributed by atoms with van der Waals surface area (Å²) in [5.41, 5.74) is 1.99. The molecule has 0 aliphatic carbocycles. The average Bonchev–Trinajstić information content (AvgIpc) is 2.46. The van der Waals surface area contributed by atoms with Gasteiger partial charge in [-0.15, -0.1) is 0 Å². The second-order valence-electron chi connectivity index (χ2n) is 5.15. The standard InChI is InChI=1S/C15H26N2O2S2/c1-4-9-16-11-14-5-7-15(8-6-14)12-21(18,19)17-10-13(2)20-3/h5-8,13,16-17H,4,9-12H2,1-3H3. The van der Waals surface area contributed by atoms with Gasteiger partial charge in [0.05, 0.1) is 5.75 Å². The quantitative estimate of drug-likeness (QED) is 0.647. The van der Waals surface area contributed by atoms with E-state index in [1.807, 2.05) is 37.4 Å². The molecule has 1 unspecified atom stereocenters. The van der Waals surface area contributed by atoms with Gasteiger partial charge in [-0.2, -0.15) is 11.8 Å². The van der Waals surface area contributed by atoms with Crippen molar-refractivity contribution in [1.29, 1.82) is 0 Å². The molecule has 4 nitrogen and oxygen atoms in total. The lowest BCUT2D eigenvalue weighted by Gasteiger charge is -2.11. The van der Waals surface area contributed by atoms with Crippen LogP contribution in [0, 0.1) is 0 Å². The Morgan fingerprint density at radius 3 is 2.38 bits per heavy atom. The molecular weight excluding hydrogens is 304 g/mol. The minimum Gasteiger partial charge on any atom is -0.313 e. The van der Waals surface area contributed by atoms with E-state index < -0.39 is 10.0 Å². The highest BCUT2D eigenvalue weighted by Gasteiger charge is 2.12. The Bertz CT molecular complexity index is 501. The van der Waals surface area contributed by atoms with E-state index in [9.17, 15) is 8.42 Å². The summed E-state index contributed by atoms with van der Waals surface area (Å²) >= 11 is 1.65. The van der Waals surface area contributed by atoms with E-state index in [1.54, 1.807) is 11.8 Å². The maximum Gasteiger partial charge on any atom is 0.215 e. The van der Waals surface area contributed by atoms with Crippen LogP contribution in [-0.4, -0.2) is 33.0 Å². The van der Waals surface area contributed by atoms with Crippen LogP contribution in [0.1, 0.15) is 31.4 Å². The molecule has 0 aliphatic heterocycles. The van der Waals surface area contributed by atoms with Gasteiger partial charge in [-0.25, -0.2) is 13.1 Å². The van der Waals surface area contributed by atoms with E-state index in [1.165, 1.54) is 5.56 Å². The van der Waals surface area contributed by atoms with E-state index in [-0.39, 0.29) is 11.0 Å². The van der Waals surface area contributed by atoms with E-state index in [0.717, 1.165) is 25.1 Å². The van der Waals surface area contributed by atoms with Gasteiger partial charge in [0.15, 0.2) is 0 Å². The predicted molar refractivity (Wildman–Crippen MR) is 92.0 cm³/mol. The number of thioether (sulfide) groups is 1. The van der Waals surface area contributed by atoms with Crippen LogP contribution in [0.4, 0.5) is 0 Å². The van der Waals surface area contributed by atoms with Crippen molar-refractivity contribution in [2.75, 3.05) is 19.3 Å². The Morgan fingerprint density at radius 1 is 1.19 bits per heavy atom. The van der Waals surface area contributed by atoms with Gasteiger partial charge in [-0.1, -0.05) is 38.1 Å². The highest BCUT2D eigenvalue weighted by molar-refractivity contribution is 7.99. The van der Waals surface area contributed by atoms with Crippen LogP contribution in [0.15, 0.2) is 24.3 Å². The molecule has 0 heterocycles. The Morgan fingerprint density at radius 2 is 1.81 bits per heavy atom. The van der Waals surface area contributed by atoms with E-state index in [2.05, 4.69) is 17.0 Å². The fourth-order valence-corrected chi connectivity index (χ4v) is 3.35. The molecule has 6 heteroatoms. The summed E-state index contributed by atoms with van der Waals surface area (Å²) in [5.74, 6) is 0.0385. The van der Waals surface area contributed by atoms with Crippen molar-refractivity contribution >= 4 is 21.8 Å². The summed E-state index contributed by atoms with van der Waals surface area (Å²) in [6.07, 6.45) is 3.08. The Balaban J connectivity index is 2.50. The van der Waals surface area contributed by atoms with Gasteiger partial charge in [-0.05, 0) is 30.3 Å². The third kappa shape index (κ3) is 7.85. The third-order valence-corrected chi connectivity index (χ3v) is 5.42. The molecule has 21 heavy (non-hydrogen) atoms. The molecule has 0 amide bonds. The summed E-state index contributed by atoms with van der Waals surface area (Å²) in [5, 5.41) is 3.61. The highest BCUT2D eigenvalue weighted by Crippen LogP contribution is 2.09. The van der Waals surface area contributed by atoms with Crippen molar-refractivity contribution in [3.8, 4) is 0 Å². The largest absolute Gasteiger partial charge is 0.313 e. The first kappa shape index (κ1) is 18.5. The molecule has 0 aromatic heterocycles. The molecule has 0 radical (unpaired) electrons. The summed E-state index contributed by atoms with van der Waals surface area (Å²) in [7, 11) is -3.25. The van der Waals surface area contributed by atoms with Crippen LogP contribution in [0.2, 0.25) is 0 Å². The second kappa shape index (κ2) is 9.46. The van der Waals surface area contributed by atoms with Crippen molar-refractivity contribution < 1.29 is 8.42 Å². The van der Waals surface area contributed by atoms with Crippen LogP contribution in [0.3, 0.4) is 0 Å². The van der Waals surface area contributed by atoms with Gasteiger partial charge in [0.25, 0.3) is 0 Å². The SMILES string of the molecule is CCCNCc1ccc(CS(=O)(=O)NCC(C)SC)cc1. The molecule has 0 bridgehead atoms. The molecule has 0 saturated carbocycles. The van der Waals surface area contributed by atoms with Gasteiger partial charge in [0.2, 0.25) is 10.0 Å². The first-order valence-electron chi connectivity index (χ1n) is 7.25. The van der Waals surface area contributed by atoms with Gasteiger partial charge < -0.3 is 5.32 Å². The van der Waals surface area contributed by atoms with E-state index >= 15 is 0 Å². The normalized spacial score (nSPS) is 13.3. The minimum absolute atomic E-state index is 0.0385. The van der Waals surface area contributed by atoms with Gasteiger partial charge in [-0.3, -0.25) is 0 Å². The maximum atomic E-state index is 12.0. The molecular formula is C15H26N2O2S2. The van der Waals surface area contributed by atoms with Crippen LogP contribution in [-0.2, 0) is 22.3 Å². The average molecular weight is 331 g/mol. The lowest BCUT2D eigenvalue weighted by atomic mass is 10.1. The first-order chi connectivity index (χ1) is 9.96. The van der Waals surface area contributed by atoms with Gasteiger partial charge in [0, 0.05) is 18.3 Å². The Kier molecular flexibility index (Phi) is 8.33. The van der Waals surface area contributed by atoms with Crippen LogP contribution < -0.4 is 10.0 Å². The molecule has 0 fully saturated rings. The number of nitrogens with one attached hydrogen (secondary N) is 2. The van der Waals surface area contributed by atoms with Crippen LogP contribution >= 0.6 is 11.8 Å². The fourth-order valence-electron chi connectivity index (χ4n) is 1.76. The summed E-state index contributed by atoms with van der Waals surface area (Å²) in [6.45, 7) is 6.43. The van der Waals surface area contributed by atoms with Gasteiger partial charge in [0.1, 0.15) is 0 Å². The van der Waals surface area contributed by atoms with Crippen molar-refractivity contribution in [1.82, 2.24) is 10.0 Å². The second-order valence-corrected chi connectivity index (χ2v) is 8.23. The molecule has 0 saturated heterocycles. The molecule has 1 aromatic rings. The van der Waals surface area contributed by atoms with E-state index in [0.29, 0.717) is 6.54 Å².